The van der Waals surface area contributed by atoms with Gasteiger partial charge in [0.2, 0.25) is 0 Å². The molecule has 0 amide bonds. The molecule has 0 aromatic carbocycles. The minimum absolute atomic E-state index is 0.104. The molecule has 0 aromatic rings. The number of carbonyl (C=O) groups is 2. The summed E-state index contributed by atoms with van der Waals surface area (Å²) in [5.41, 5.74) is 0. The zero-order valence-electron chi connectivity index (χ0n) is 27.9. The lowest BCUT2D eigenvalue weighted by Crippen LogP contribution is -2.28. The molecule has 0 aliphatic heterocycles. The molecule has 1 N–H and O–H groups in total. The van der Waals surface area contributed by atoms with E-state index in [-0.39, 0.29) is 31.6 Å². The third kappa shape index (κ3) is 32.0. The van der Waals surface area contributed by atoms with Crippen LogP contribution in [0, 0.1) is 0 Å². The number of ether oxygens (including phenoxy) is 2. The van der Waals surface area contributed by atoms with Crippen molar-refractivity contribution in [2.24, 2.45) is 0 Å². The summed E-state index contributed by atoms with van der Waals surface area (Å²) in [6.07, 6.45) is 46.4. The maximum Gasteiger partial charge on any atom is 0.306 e. The maximum atomic E-state index is 12.1. The minimum Gasteiger partial charge on any atom is -0.462 e. The van der Waals surface area contributed by atoms with Gasteiger partial charge in [-0.1, -0.05) is 131 Å². The Kier molecular flexibility index (Phi) is 32.3. The highest BCUT2D eigenvalue weighted by Crippen LogP contribution is 2.09. The quantitative estimate of drug-likeness (QED) is 0.0395. The van der Waals surface area contributed by atoms with Crippen molar-refractivity contribution in [3.05, 3.63) is 85.1 Å². The van der Waals surface area contributed by atoms with E-state index in [0.717, 1.165) is 70.6 Å². The number of rotatable bonds is 29. The molecule has 0 saturated carbocycles. The summed E-state index contributed by atoms with van der Waals surface area (Å²) in [5, 5.41) is 9.50. The second-order valence-electron chi connectivity index (χ2n) is 10.9. The molecule has 1 unspecified atom stereocenters. The Morgan fingerprint density at radius 3 is 1.73 bits per heavy atom. The second kappa shape index (κ2) is 34.6. The maximum absolute atomic E-state index is 12.1. The van der Waals surface area contributed by atoms with Gasteiger partial charge in [-0.2, -0.15) is 0 Å². The Hall–Kier alpha value is -2.92. The van der Waals surface area contributed by atoms with E-state index in [9.17, 15) is 14.7 Å². The second-order valence-corrected chi connectivity index (χ2v) is 10.9. The Labute approximate surface area is 269 Å². The van der Waals surface area contributed by atoms with Crippen LogP contribution in [0.3, 0.4) is 0 Å². The van der Waals surface area contributed by atoms with Crippen molar-refractivity contribution in [1.82, 2.24) is 0 Å². The Morgan fingerprint density at radius 1 is 0.568 bits per heavy atom. The van der Waals surface area contributed by atoms with Gasteiger partial charge in [0.25, 0.3) is 0 Å². The van der Waals surface area contributed by atoms with Crippen LogP contribution < -0.4 is 0 Å². The van der Waals surface area contributed by atoms with Gasteiger partial charge in [-0.3, -0.25) is 9.59 Å². The number of aliphatic hydroxyl groups is 1. The number of unbranched alkanes of at least 4 members (excludes halogenated alkanes) is 9. The minimum atomic E-state index is -0.812. The molecule has 0 spiro atoms. The van der Waals surface area contributed by atoms with Crippen LogP contribution >= 0.6 is 0 Å². The molecule has 0 rings (SSSR count). The average molecular weight is 611 g/mol. The molecular weight excluding hydrogens is 548 g/mol. The van der Waals surface area contributed by atoms with Crippen molar-refractivity contribution in [3.63, 3.8) is 0 Å². The highest BCUT2D eigenvalue weighted by Gasteiger charge is 2.15. The molecular formula is C39H62O5. The number of hydrogen-bond donors (Lipinski definition) is 1. The summed E-state index contributed by atoms with van der Waals surface area (Å²) >= 11 is 0. The lowest BCUT2D eigenvalue weighted by atomic mass is 10.1. The van der Waals surface area contributed by atoms with Gasteiger partial charge in [-0.25, -0.2) is 0 Å². The molecule has 44 heavy (non-hydrogen) atoms. The van der Waals surface area contributed by atoms with Crippen LogP contribution in [0.15, 0.2) is 85.1 Å². The largest absolute Gasteiger partial charge is 0.462 e. The van der Waals surface area contributed by atoms with E-state index in [0.29, 0.717) is 12.8 Å². The van der Waals surface area contributed by atoms with Crippen LogP contribution in [-0.4, -0.2) is 36.4 Å². The average Bonchev–Trinajstić information content (AvgIpc) is 3.02. The van der Waals surface area contributed by atoms with Gasteiger partial charge in [-0.15, -0.1) is 0 Å². The van der Waals surface area contributed by atoms with Crippen LogP contribution in [-0.2, 0) is 19.1 Å². The monoisotopic (exact) mass is 610 g/mol. The van der Waals surface area contributed by atoms with E-state index in [4.69, 9.17) is 9.47 Å². The molecule has 5 heteroatoms. The first kappa shape index (κ1) is 41.1. The summed E-state index contributed by atoms with van der Waals surface area (Å²) in [6.45, 7) is 3.88. The molecule has 1 atom stereocenters. The number of aliphatic hydroxyl groups excluding tert-OH is 1. The summed E-state index contributed by atoms with van der Waals surface area (Å²) in [5.74, 6) is -0.693. The van der Waals surface area contributed by atoms with E-state index in [1.807, 2.05) is 6.08 Å². The summed E-state index contributed by atoms with van der Waals surface area (Å²) in [7, 11) is 0. The SMILES string of the molecule is CC/C=C/C=C/C=C/CCCCCCCC(=O)OCC(CO)OC(=O)CCC/C=C/C/C=C/C/C=C/C/C=C/CCCCC. The van der Waals surface area contributed by atoms with Crippen molar-refractivity contribution in [2.75, 3.05) is 13.2 Å². The van der Waals surface area contributed by atoms with Crippen LogP contribution in [0.1, 0.15) is 129 Å². The Bertz CT molecular complexity index is 875. The molecule has 0 aliphatic carbocycles. The number of esters is 2. The van der Waals surface area contributed by atoms with Crippen LogP contribution in [0.5, 0.6) is 0 Å². The van der Waals surface area contributed by atoms with Crippen molar-refractivity contribution < 1.29 is 24.2 Å². The standard InChI is InChI=1S/C39H62O5/c1-3-5-7-9-11-13-15-17-18-19-20-22-24-26-28-30-32-34-39(42)44-37(35-40)36-43-38(41)33-31-29-27-25-23-21-16-14-12-10-8-6-4-2/h6,8,10-14,16-18,20,22,26,28,37,40H,3-5,7,9,15,19,21,23-25,27,29-36H2,1-2H3/b8-6+,12-10+,13-11+,16-14+,18-17+,22-20+,28-26+. The van der Waals surface area contributed by atoms with E-state index in [2.05, 4.69) is 92.8 Å². The third-order valence-corrected chi connectivity index (χ3v) is 6.73. The zero-order valence-corrected chi connectivity index (χ0v) is 27.9. The topological polar surface area (TPSA) is 72.8 Å². The van der Waals surface area contributed by atoms with Gasteiger partial charge in [0.05, 0.1) is 6.61 Å². The predicted octanol–water partition coefficient (Wildman–Crippen LogP) is 10.4. The molecule has 248 valence electrons. The van der Waals surface area contributed by atoms with E-state index in [1.54, 1.807) is 0 Å². The lowest BCUT2D eigenvalue weighted by molar-refractivity contribution is -0.161. The van der Waals surface area contributed by atoms with Gasteiger partial charge < -0.3 is 14.6 Å². The van der Waals surface area contributed by atoms with E-state index in [1.165, 1.54) is 25.7 Å². The fourth-order valence-electron chi connectivity index (χ4n) is 4.13. The lowest BCUT2D eigenvalue weighted by Gasteiger charge is -2.15. The molecule has 0 aliphatic rings. The van der Waals surface area contributed by atoms with E-state index >= 15 is 0 Å². The van der Waals surface area contributed by atoms with Crippen LogP contribution in [0.2, 0.25) is 0 Å². The van der Waals surface area contributed by atoms with Crippen molar-refractivity contribution >= 4 is 11.9 Å². The molecule has 0 heterocycles. The summed E-state index contributed by atoms with van der Waals surface area (Å²) in [6, 6.07) is 0. The van der Waals surface area contributed by atoms with Gasteiger partial charge in [-0.05, 0) is 70.6 Å². The van der Waals surface area contributed by atoms with Crippen molar-refractivity contribution in [1.29, 1.82) is 0 Å². The molecule has 0 radical (unpaired) electrons. The van der Waals surface area contributed by atoms with Crippen LogP contribution in [0.25, 0.3) is 0 Å². The Morgan fingerprint density at radius 2 is 1.09 bits per heavy atom. The fraction of sp³-hybridized carbons (Fsp3) is 0.590. The third-order valence-electron chi connectivity index (χ3n) is 6.73. The molecule has 5 nitrogen and oxygen atoms in total. The van der Waals surface area contributed by atoms with Gasteiger partial charge in [0, 0.05) is 12.8 Å². The summed E-state index contributed by atoms with van der Waals surface area (Å²) < 4.78 is 10.5. The zero-order chi connectivity index (χ0) is 32.2. The number of hydrogen-bond acceptors (Lipinski definition) is 5. The van der Waals surface area contributed by atoms with Crippen molar-refractivity contribution in [2.45, 2.75) is 136 Å². The molecule has 0 aromatic heterocycles. The Balaban J connectivity index is 3.76. The first-order valence-corrected chi connectivity index (χ1v) is 17.2. The number of carbonyl (C=O) groups excluding carboxylic acids is 2. The fourth-order valence-corrected chi connectivity index (χ4v) is 4.13. The molecule has 0 fully saturated rings. The predicted molar refractivity (Wildman–Crippen MR) is 186 cm³/mol. The van der Waals surface area contributed by atoms with Gasteiger partial charge in [0.15, 0.2) is 6.10 Å². The van der Waals surface area contributed by atoms with Gasteiger partial charge >= 0.3 is 11.9 Å². The number of allylic oxidation sites excluding steroid dienone is 14. The first-order chi connectivity index (χ1) is 21.6. The first-order valence-electron chi connectivity index (χ1n) is 17.2. The smallest absolute Gasteiger partial charge is 0.306 e. The normalized spacial score (nSPS) is 13.2. The van der Waals surface area contributed by atoms with Crippen molar-refractivity contribution in [3.8, 4) is 0 Å². The highest BCUT2D eigenvalue weighted by molar-refractivity contribution is 5.70. The van der Waals surface area contributed by atoms with E-state index < -0.39 is 6.10 Å². The molecule has 0 saturated heterocycles. The van der Waals surface area contributed by atoms with Crippen LogP contribution in [0.4, 0.5) is 0 Å². The summed E-state index contributed by atoms with van der Waals surface area (Å²) in [4.78, 5) is 24.1. The highest BCUT2D eigenvalue weighted by atomic mass is 16.6. The van der Waals surface area contributed by atoms with Gasteiger partial charge in [0.1, 0.15) is 6.61 Å². The molecule has 0 bridgehead atoms.